The molecule has 5 heteroatoms. The van der Waals surface area contributed by atoms with Crippen molar-refractivity contribution in [2.75, 3.05) is 19.8 Å². The van der Waals surface area contributed by atoms with Crippen molar-refractivity contribution >= 4 is 7.82 Å². The third-order valence-electron chi connectivity index (χ3n) is 6.74. The highest BCUT2D eigenvalue weighted by molar-refractivity contribution is 7.48. The van der Waals surface area contributed by atoms with Crippen LogP contribution in [0.4, 0.5) is 0 Å². The lowest BCUT2D eigenvalue weighted by Crippen LogP contribution is -2.04. The van der Waals surface area contributed by atoms with Gasteiger partial charge in [0.05, 0.1) is 19.8 Å². The maximum atomic E-state index is 13.2. The smallest absolute Gasteiger partial charge is 0.287 e. The number of rotatable bonds is 30. The van der Waals surface area contributed by atoms with E-state index in [2.05, 4.69) is 20.8 Å². The molecule has 0 saturated carbocycles. The molecule has 0 atom stereocenters. The van der Waals surface area contributed by atoms with Gasteiger partial charge in [-0.2, -0.15) is 0 Å². The first-order valence-electron chi connectivity index (χ1n) is 15.7. The average molecular weight is 519 g/mol. The fourth-order valence-corrected chi connectivity index (χ4v) is 5.63. The van der Waals surface area contributed by atoms with Crippen LogP contribution in [-0.4, -0.2) is 19.8 Å². The van der Waals surface area contributed by atoms with E-state index >= 15 is 0 Å². The second-order valence-electron chi connectivity index (χ2n) is 10.4. The predicted octanol–water partition coefficient (Wildman–Crippen LogP) is 11.6. The molecule has 0 radical (unpaired) electrons. The summed E-state index contributed by atoms with van der Waals surface area (Å²) in [5.74, 6) is 0. The van der Waals surface area contributed by atoms with Crippen LogP contribution in [0.3, 0.4) is 0 Å². The van der Waals surface area contributed by atoms with E-state index < -0.39 is 7.82 Å². The highest BCUT2D eigenvalue weighted by Gasteiger charge is 2.26. The van der Waals surface area contributed by atoms with Gasteiger partial charge in [0, 0.05) is 0 Å². The van der Waals surface area contributed by atoms with Crippen molar-refractivity contribution in [3.8, 4) is 0 Å². The summed E-state index contributed by atoms with van der Waals surface area (Å²) in [6.45, 7) is 8.18. The van der Waals surface area contributed by atoms with Gasteiger partial charge in [0.15, 0.2) is 0 Å². The quantitative estimate of drug-likeness (QED) is 0.0700. The predicted molar refractivity (Wildman–Crippen MR) is 153 cm³/mol. The number of hydrogen-bond donors (Lipinski definition) is 0. The second-order valence-corrected chi connectivity index (χ2v) is 12.0. The molecule has 0 aromatic carbocycles. The van der Waals surface area contributed by atoms with E-state index in [0.717, 1.165) is 38.5 Å². The Hall–Kier alpha value is 0.110. The summed E-state index contributed by atoms with van der Waals surface area (Å²) >= 11 is 0. The number of unbranched alkanes of at least 4 members (excludes halogenated alkanes) is 21. The van der Waals surface area contributed by atoms with Crippen LogP contribution >= 0.6 is 7.82 Å². The monoisotopic (exact) mass is 518 g/mol. The molecular weight excluding hydrogens is 455 g/mol. The molecule has 0 saturated heterocycles. The summed E-state index contributed by atoms with van der Waals surface area (Å²) in [5, 5.41) is 0. The van der Waals surface area contributed by atoms with Crippen molar-refractivity contribution in [2.24, 2.45) is 0 Å². The number of hydrogen-bond acceptors (Lipinski definition) is 4. The van der Waals surface area contributed by atoms with Gasteiger partial charge >= 0.3 is 7.82 Å². The molecule has 0 rings (SSSR count). The van der Waals surface area contributed by atoms with Crippen molar-refractivity contribution in [1.82, 2.24) is 0 Å². The summed E-state index contributed by atoms with van der Waals surface area (Å²) in [7, 11) is -3.43. The van der Waals surface area contributed by atoms with E-state index in [1.54, 1.807) is 0 Å². The minimum absolute atomic E-state index is 0.473. The van der Waals surface area contributed by atoms with Gasteiger partial charge in [-0.1, -0.05) is 156 Å². The first kappa shape index (κ1) is 35.1. The zero-order chi connectivity index (χ0) is 25.7. The van der Waals surface area contributed by atoms with Gasteiger partial charge in [0.1, 0.15) is 0 Å². The van der Waals surface area contributed by atoms with E-state index in [0.29, 0.717) is 19.8 Å². The zero-order valence-corrected chi connectivity index (χ0v) is 25.1. The van der Waals surface area contributed by atoms with Crippen LogP contribution in [0.2, 0.25) is 0 Å². The molecule has 212 valence electrons. The van der Waals surface area contributed by atoms with Crippen LogP contribution < -0.4 is 0 Å². The summed E-state index contributed by atoms with van der Waals surface area (Å²) < 4.78 is 30.4. The lowest BCUT2D eigenvalue weighted by atomic mass is 10.1. The Labute approximate surface area is 220 Å². The van der Waals surface area contributed by atoms with Crippen molar-refractivity contribution < 1.29 is 18.1 Å². The third kappa shape index (κ3) is 27.0. The van der Waals surface area contributed by atoms with Gasteiger partial charge in [0.2, 0.25) is 0 Å². The molecule has 4 nitrogen and oxygen atoms in total. The molecule has 0 bridgehead atoms. The van der Waals surface area contributed by atoms with Crippen LogP contribution in [0.25, 0.3) is 0 Å². The highest BCUT2D eigenvalue weighted by atomic mass is 31.2. The van der Waals surface area contributed by atoms with E-state index in [4.69, 9.17) is 13.6 Å². The second kappa shape index (κ2) is 28.7. The van der Waals surface area contributed by atoms with Gasteiger partial charge in [-0.15, -0.1) is 0 Å². The molecule has 0 N–H and O–H groups in total. The van der Waals surface area contributed by atoms with Gasteiger partial charge < -0.3 is 0 Å². The molecule has 0 unspecified atom stereocenters. The summed E-state index contributed by atoms with van der Waals surface area (Å²) in [4.78, 5) is 0. The van der Waals surface area contributed by atoms with Crippen LogP contribution in [0.15, 0.2) is 0 Å². The lowest BCUT2D eigenvalue weighted by molar-refractivity contribution is 0.108. The van der Waals surface area contributed by atoms with Crippen LogP contribution in [0.5, 0.6) is 0 Å². The summed E-state index contributed by atoms with van der Waals surface area (Å²) in [5.41, 5.74) is 0. The Bertz CT molecular complexity index is 382. The summed E-state index contributed by atoms with van der Waals surface area (Å²) in [6, 6.07) is 0. The average Bonchev–Trinajstić information content (AvgIpc) is 2.86. The van der Waals surface area contributed by atoms with Gasteiger partial charge in [-0.3, -0.25) is 13.6 Å². The van der Waals surface area contributed by atoms with Gasteiger partial charge in [0.25, 0.3) is 0 Å². The normalized spacial score (nSPS) is 12.0. The largest absolute Gasteiger partial charge is 0.474 e. The molecule has 0 aromatic heterocycles. The Balaban J connectivity index is 4.06. The molecule has 0 aliphatic heterocycles. The van der Waals surface area contributed by atoms with Gasteiger partial charge in [-0.25, -0.2) is 4.57 Å². The van der Waals surface area contributed by atoms with Crippen LogP contribution in [-0.2, 0) is 18.1 Å². The molecule has 0 aliphatic carbocycles. The van der Waals surface area contributed by atoms with E-state index in [1.807, 2.05) is 0 Å². The molecule has 0 aliphatic rings. The molecule has 0 fully saturated rings. The Kier molecular flexibility index (Phi) is 28.8. The van der Waals surface area contributed by atoms with Gasteiger partial charge in [-0.05, 0) is 19.3 Å². The Morgan fingerprint density at radius 2 is 0.543 bits per heavy atom. The topological polar surface area (TPSA) is 44.8 Å². The van der Waals surface area contributed by atoms with E-state index in [-0.39, 0.29) is 0 Å². The Morgan fingerprint density at radius 1 is 0.343 bits per heavy atom. The number of phosphoric ester groups is 1. The first-order chi connectivity index (χ1) is 17.2. The first-order valence-corrected chi connectivity index (χ1v) is 17.2. The summed E-state index contributed by atoms with van der Waals surface area (Å²) in [6.07, 6.45) is 29.7. The fraction of sp³-hybridized carbons (Fsp3) is 1.00. The minimum atomic E-state index is -3.43. The molecule has 0 aromatic rings. The lowest BCUT2D eigenvalue weighted by Gasteiger charge is -2.18. The standard InChI is InChI=1S/C30H63O4P/c1-4-7-10-13-16-19-22-25-28-32-35(31,33-29-26-23-20-17-14-11-8-5-2)34-30-27-24-21-18-15-12-9-6-3/h4-30H2,1-3H3. The SMILES string of the molecule is CCCCCCCCCCOP(=O)(OCCCCCCCCCC)OCCCCCCCCCC. The maximum Gasteiger partial charge on any atom is 0.474 e. The molecule has 0 heterocycles. The van der Waals surface area contributed by atoms with Crippen LogP contribution in [0, 0.1) is 0 Å². The van der Waals surface area contributed by atoms with Crippen molar-refractivity contribution in [3.63, 3.8) is 0 Å². The van der Waals surface area contributed by atoms with Crippen LogP contribution in [0.1, 0.15) is 175 Å². The molecular formula is C30H63O4P. The number of phosphoric acid groups is 1. The molecule has 0 spiro atoms. The molecule has 35 heavy (non-hydrogen) atoms. The minimum Gasteiger partial charge on any atom is -0.287 e. The Morgan fingerprint density at radius 3 is 0.771 bits per heavy atom. The third-order valence-corrected chi connectivity index (χ3v) is 8.24. The van der Waals surface area contributed by atoms with E-state index in [9.17, 15) is 4.57 Å². The van der Waals surface area contributed by atoms with E-state index in [1.165, 1.54) is 116 Å². The highest BCUT2D eigenvalue weighted by Crippen LogP contribution is 2.50. The fourth-order valence-electron chi connectivity index (χ4n) is 4.35. The zero-order valence-electron chi connectivity index (χ0n) is 24.2. The molecule has 0 amide bonds. The maximum absolute atomic E-state index is 13.2. The van der Waals surface area contributed by atoms with Crippen molar-refractivity contribution in [1.29, 1.82) is 0 Å². The van der Waals surface area contributed by atoms with Crippen molar-refractivity contribution in [3.05, 3.63) is 0 Å². The van der Waals surface area contributed by atoms with Crippen molar-refractivity contribution in [2.45, 2.75) is 175 Å².